The van der Waals surface area contributed by atoms with Crippen molar-refractivity contribution in [3.63, 3.8) is 0 Å². The largest absolute Gasteiger partial charge is 0.545 e. The first kappa shape index (κ1) is 87.6. The number of alkyl halides is 16. The molecular formula is C70H62F18N10O16. The molecule has 0 spiro atoms. The molecule has 0 radical (unpaired) electrons. The van der Waals surface area contributed by atoms with Gasteiger partial charge in [-0.25, -0.2) is 46.9 Å². The maximum Gasteiger partial charge on any atom is 0.490 e. The van der Waals surface area contributed by atoms with Crippen LogP contribution >= 0.6 is 0 Å². The molecule has 6 heterocycles. The van der Waals surface area contributed by atoms with E-state index in [-0.39, 0.29) is 102 Å². The van der Waals surface area contributed by atoms with Crippen LogP contribution in [0, 0.1) is 11.6 Å². The number of H-pyrrole nitrogens is 2. The molecule has 0 unspecified atom stereocenters. The fourth-order valence-corrected chi connectivity index (χ4v) is 11.0. The Labute approximate surface area is 628 Å². The van der Waals surface area contributed by atoms with E-state index in [9.17, 15) is 89.7 Å². The second-order valence-electron chi connectivity index (χ2n) is 25.0. The lowest BCUT2D eigenvalue weighted by Gasteiger charge is -2.40. The van der Waals surface area contributed by atoms with E-state index in [1.54, 1.807) is 0 Å². The van der Waals surface area contributed by atoms with Crippen LogP contribution < -0.4 is 40.2 Å². The summed E-state index contributed by atoms with van der Waals surface area (Å²) in [5.74, 6) is -19.6. The Bertz CT molecular complexity index is 4930. The third-order valence-electron chi connectivity index (χ3n) is 16.5. The number of hydrogen-bond acceptors (Lipinski definition) is 17. The van der Waals surface area contributed by atoms with Crippen LogP contribution in [-0.4, -0.2) is 229 Å². The number of likely N-dealkylation sites (N-methyl/N-ethyl adjacent to an activating group) is 1. The Balaban J connectivity index is 0.000000496. The molecule has 4 aliphatic heterocycles. The molecule has 12 rings (SSSR count). The van der Waals surface area contributed by atoms with Crippen molar-refractivity contribution in [1.82, 2.24) is 40.0 Å². The number of piperazine rings is 1. The number of halogens is 18. The Morgan fingerprint density at radius 1 is 0.579 bits per heavy atom. The smallest absolute Gasteiger partial charge is 0.490 e. The molecule has 26 nitrogen and oxygen atoms in total. The van der Waals surface area contributed by atoms with Gasteiger partial charge in [0.2, 0.25) is 24.4 Å². The molecule has 8 N–H and O–H groups in total. The minimum absolute atomic E-state index is 0.0130. The monoisotopic (exact) mass is 1640 g/mol. The first-order valence-electron chi connectivity index (χ1n) is 33.1. The average molecular weight is 1640 g/mol. The van der Waals surface area contributed by atoms with Gasteiger partial charge in [-0.3, -0.25) is 9.59 Å². The zero-order chi connectivity index (χ0) is 84.2. The van der Waals surface area contributed by atoms with Crippen LogP contribution in [0.1, 0.15) is 33.6 Å². The van der Waals surface area contributed by atoms with E-state index in [2.05, 4.69) is 55.6 Å². The summed E-state index contributed by atoms with van der Waals surface area (Å²) in [7, 11) is 2.15. The molecule has 5 aliphatic rings. The first-order valence-corrected chi connectivity index (χ1v) is 33.1. The topological polar surface area (TPSA) is 358 Å². The van der Waals surface area contributed by atoms with Crippen molar-refractivity contribution < 1.29 is 157 Å². The number of aliphatic carboxylic acids is 4. The summed E-state index contributed by atoms with van der Waals surface area (Å²) in [4.78, 5) is 96.6. The molecule has 2 aromatic heterocycles. The number of amides is 2. The normalized spacial score (nSPS) is 14.7. The fraction of sp³-hybridized carbons (Fsp3) is 0.343. The van der Waals surface area contributed by atoms with Gasteiger partial charge in [-0.15, -0.1) is 0 Å². The molecule has 3 saturated heterocycles. The molecule has 0 bridgehead atoms. The van der Waals surface area contributed by atoms with E-state index in [0.29, 0.717) is 18.8 Å². The molecule has 5 aromatic carbocycles. The van der Waals surface area contributed by atoms with Crippen molar-refractivity contribution in [3.05, 3.63) is 131 Å². The summed E-state index contributed by atoms with van der Waals surface area (Å²) in [6, 6.07) is 27.7. The summed E-state index contributed by atoms with van der Waals surface area (Å²) >= 11 is 0. The van der Waals surface area contributed by atoms with E-state index in [0.717, 1.165) is 111 Å². The summed E-state index contributed by atoms with van der Waals surface area (Å²) < 4.78 is 238. The van der Waals surface area contributed by atoms with Crippen molar-refractivity contribution in [3.8, 4) is 51.0 Å². The number of carbonyl (C=O) groups excluding carboxylic acids is 3. The number of aromatic amines is 2. The van der Waals surface area contributed by atoms with Gasteiger partial charge >= 0.3 is 54.5 Å². The zero-order valence-electron chi connectivity index (χ0n) is 58.5. The van der Waals surface area contributed by atoms with E-state index < -0.39 is 116 Å². The van der Waals surface area contributed by atoms with E-state index >= 15 is 8.78 Å². The number of hydrogen-bond donors (Lipinski definition) is 8. The van der Waals surface area contributed by atoms with Crippen molar-refractivity contribution in [2.75, 3.05) is 115 Å². The van der Waals surface area contributed by atoms with Crippen LogP contribution in [0.3, 0.4) is 0 Å². The maximum atomic E-state index is 15.8. The lowest BCUT2D eigenvalue weighted by molar-refractivity contribution is -0.255. The number of aromatic carboxylic acids is 1. The van der Waals surface area contributed by atoms with Crippen molar-refractivity contribution in [2.45, 2.75) is 49.4 Å². The lowest BCUT2D eigenvalue weighted by atomic mass is 9.89. The molecule has 7 aromatic rings. The van der Waals surface area contributed by atoms with Crippen LogP contribution in [-0.2, 0) is 33.4 Å². The molecule has 114 heavy (non-hydrogen) atoms. The molecule has 3 fully saturated rings. The minimum Gasteiger partial charge on any atom is -0.545 e. The third kappa shape index (κ3) is 23.8. The highest BCUT2D eigenvalue weighted by molar-refractivity contribution is 6.09. The molecule has 2 amide bonds. The number of anilines is 2. The molecular weight excluding hydrogens is 1580 g/mol. The number of carboxylic acids is 5. The molecule has 614 valence electrons. The van der Waals surface area contributed by atoms with Crippen molar-refractivity contribution in [2.24, 2.45) is 0 Å². The highest BCUT2D eigenvalue weighted by atomic mass is 19.4. The second-order valence-corrected chi connectivity index (χ2v) is 25.0. The van der Waals surface area contributed by atoms with Crippen LogP contribution in [0.2, 0.25) is 0 Å². The molecule has 44 heteroatoms. The highest BCUT2D eigenvalue weighted by Gasteiger charge is 2.51. The van der Waals surface area contributed by atoms with Crippen molar-refractivity contribution >= 4 is 86.1 Å². The fourth-order valence-electron chi connectivity index (χ4n) is 11.0. The Kier molecular flexibility index (Phi) is 27.9. The second kappa shape index (κ2) is 36.2. The minimum atomic E-state index is -5.08. The number of ether oxygens (including phenoxy) is 3. The Morgan fingerprint density at radius 3 is 1.62 bits per heavy atom. The number of carbonyl (C=O) groups is 7. The average Bonchev–Trinajstić information content (AvgIpc) is 0.879. The Hall–Kier alpha value is -12.0. The van der Waals surface area contributed by atoms with E-state index in [1.807, 2.05) is 42.5 Å². The standard InChI is InChI=1S/C62H58F6N10O8.4C2HF3O2/c1-75-16-18-76(19-17-75)39-8-13-48-50(27-39)74-58(72-48)37-7-12-47-49(26-37)73-57(71-47)36-4-9-40(10-5-36)85-20-2-3-55(79)69-14-21-83-23-24-84-22-15-70-59(80)38-6-11-41(60(81)82)42(25-38)56-43-28-45(63)51(77-32-61(65,66)33-77)30-53(43)86-54-31-52(46(64)29-44(54)56)78-34-62(67,68)35-78;4*3-2(4,5)1(6)7/h4-13,25-31H,2-3,14-24,32-35H2,1H3,(H4-,69,70,71,72,73,74,79,80,81,82);4*(H,6,7). The number of fused-ring (bicyclic) bond motifs is 4. The number of rotatable bonds is 21. The first-order chi connectivity index (χ1) is 53.2. The molecule has 1 aliphatic carbocycles. The number of imidazole rings is 2. The lowest BCUT2D eigenvalue weighted by Crippen LogP contribution is -2.58. The van der Waals surface area contributed by atoms with Gasteiger partial charge < -0.3 is 84.3 Å². The van der Waals surface area contributed by atoms with Gasteiger partial charge in [0.1, 0.15) is 34.6 Å². The number of nitrogens with zero attached hydrogens (tertiary/aromatic N) is 6. The Morgan fingerprint density at radius 2 is 1.10 bits per heavy atom. The van der Waals surface area contributed by atoms with Crippen molar-refractivity contribution in [1.29, 1.82) is 0 Å². The molecule has 0 saturated carbocycles. The van der Waals surface area contributed by atoms with Crippen LogP contribution in [0.5, 0.6) is 5.75 Å². The maximum absolute atomic E-state index is 15.8. The summed E-state index contributed by atoms with van der Waals surface area (Å²) in [6.07, 6.45) is -19.6. The summed E-state index contributed by atoms with van der Waals surface area (Å²) in [6.45, 7) is 2.19. The predicted molar refractivity (Wildman–Crippen MR) is 362 cm³/mol. The SMILES string of the molecule is CN1CCN(c2ccc3nc(-c4ccc5nc(-c6ccc(OCCCC(=O)NCCOCCOCCNC(=O)c7ccc(C(=O)[O-])c(-c8c9cc(F)c(=[N+]%10CC(F)(F)C%10)cc-9oc9cc(N%10CC(F)(F)C%10)c(F)cc89)c7)cc6)[nH]c5c4)[nH]c3c2)CC1.O=C(O)C(F)(F)F.O=C(O)C(F)(F)F.O=C(O)C(F)(F)F.O=C(O)C(F)(F)F. The number of benzene rings is 6. The van der Waals surface area contributed by atoms with Crippen LogP contribution in [0.25, 0.3) is 78.3 Å². The van der Waals surface area contributed by atoms with Gasteiger partial charge in [0.15, 0.2) is 5.82 Å². The molecule has 0 atom stereocenters. The number of nitrogens with one attached hydrogen (secondary N) is 4. The summed E-state index contributed by atoms with van der Waals surface area (Å²) in [5.41, 5.74) is 5.37. The van der Waals surface area contributed by atoms with E-state index in [4.69, 9.17) is 68.2 Å². The van der Waals surface area contributed by atoms with Crippen LogP contribution in [0.4, 0.5) is 90.4 Å². The van der Waals surface area contributed by atoms with Gasteiger partial charge in [-0.1, -0.05) is 6.07 Å². The van der Waals surface area contributed by atoms with Gasteiger partial charge in [-0.05, 0) is 104 Å². The van der Waals surface area contributed by atoms with E-state index in [1.165, 1.54) is 17.8 Å². The summed E-state index contributed by atoms with van der Waals surface area (Å²) in [5, 5.41) is 46.2. The predicted octanol–water partition coefficient (Wildman–Crippen LogP) is 9.83. The number of aromatic nitrogens is 4. The quantitative estimate of drug-likeness (QED) is 0.0143. The van der Waals surface area contributed by atoms with Gasteiger partial charge in [0.05, 0.1) is 85.9 Å². The van der Waals surface area contributed by atoms with Gasteiger partial charge in [0.25, 0.3) is 11.8 Å². The van der Waals surface area contributed by atoms with Crippen LogP contribution in [0.15, 0.2) is 108 Å². The zero-order valence-corrected chi connectivity index (χ0v) is 58.5. The third-order valence-corrected chi connectivity index (χ3v) is 16.5. The van der Waals surface area contributed by atoms with Gasteiger partial charge in [-0.2, -0.15) is 65.9 Å². The van der Waals surface area contributed by atoms with Gasteiger partial charge in [0, 0.05) is 96.2 Å². The highest BCUT2D eigenvalue weighted by Crippen LogP contribution is 2.45. The number of carboxylic acid groups (broad SMARTS) is 5.